The molecule has 0 bridgehead atoms. The van der Waals surface area contributed by atoms with Gasteiger partial charge in [0.1, 0.15) is 0 Å². The van der Waals surface area contributed by atoms with Crippen molar-refractivity contribution in [3.8, 4) is 0 Å². The number of aryl methyl sites for hydroxylation is 3. The highest BCUT2D eigenvalue weighted by Gasteiger charge is 2.21. The van der Waals surface area contributed by atoms with Gasteiger partial charge in [-0.3, -0.25) is 9.59 Å². The molecule has 1 aliphatic rings. The molecule has 31 heavy (non-hydrogen) atoms. The minimum Gasteiger partial charge on any atom is -0.349 e. The second kappa shape index (κ2) is 8.27. The van der Waals surface area contributed by atoms with Crippen LogP contribution in [0.1, 0.15) is 48.5 Å². The van der Waals surface area contributed by atoms with Crippen LogP contribution in [-0.4, -0.2) is 15.7 Å². The molecule has 2 heterocycles. The number of nitrogens with one attached hydrogen (secondary N) is 1. The third-order valence-electron chi connectivity index (χ3n) is 6.12. The van der Waals surface area contributed by atoms with Crippen LogP contribution in [0, 0.1) is 6.92 Å². The van der Waals surface area contributed by atoms with Crippen molar-refractivity contribution < 1.29 is 4.79 Å². The molecule has 0 fully saturated rings. The zero-order valence-corrected chi connectivity index (χ0v) is 18.4. The van der Waals surface area contributed by atoms with E-state index in [9.17, 15) is 9.59 Å². The standard InChI is InChI=1S/C25H25N3O2S/c1-16-24-23(19-11-4-5-13-21(19)31-24)25(30)28(27-16)15-7-14-22(29)26-20-12-6-9-17-8-2-3-10-18(17)20/h2-5,8,10-11,13,20H,6-7,9,12,14-15H2,1H3,(H,26,29)/t20-/m0/s1. The van der Waals surface area contributed by atoms with Crippen LogP contribution in [0.2, 0.25) is 0 Å². The largest absolute Gasteiger partial charge is 0.349 e. The number of amides is 1. The van der Waals surface area contributed by atoms with Crippen LogP contribution >= 0.6 is 11.3 Å². The first kappa shape index (κ1) is 19.9. The Morgan fingerprint density at radius 2 is 2.00 bits per heavy atom. The van der Waals surface area contributed by atoms with Crippen molar-refractivity contribution in [3.05, 3.63) is 75.7 Å². The Bertz CT molecular complexity index is 1340. The quantitative estimate of drug-likeness (QED) is 0.489. The number of benzene rings is 2. The Kier molecular flexibility index (Phi) is 5.32. The normalized spacial score (nSPS) is 15.8. The van der Waals surface area contributed by atoms with Crippen molar-refractivity contribution in [3.63, 3.8) is 0 Å². The lowest BCUT2D eigenvalue weighted by molar-refractivity contribution is -0.122. The van der Waals surface area contributed by atoms with Gasteiger partial charge in [0.15, 0.2) is 0 Å². The minimum atomic E-state index is -0.0698. The number of rotatable bonds is 5. The van der Waals surface area contributed by atoms with Crippen LogP contribution < -0.4 is 10.9 Å². The summed E-state index contributed by atoms with van der Waals surface area (Å²) in [4.78, 5) is 25.7. The van der Waals surface area contributed by atoms with E-state index in [-0.39, 0.29) is 17.5 Å². The Morgan fingerprint density at radius 1 is 1.19 bits per heavy atom. The van der Waals surface area contributed by atoms with Crippen molar-refractivity contribution in [2.45, 2.75) is 51.6 Å². The highest BCUT2D eigenvalue weighted by Crippen LogP contribution is 2.32. The van der Waals surface area contributed by atoms with Gasteiger partial charge in [-0.1, -0.05) is 42.5 Å². The lowest BCUT2D eigenvalue weighted by Gasteiger charge is -2.26. The van der Waals surface area contributed by atoms with Gasteiger partial charge in [0.25, 0.3) is 5.56 Å². The van der Waals surface area contributed by atoms with E-state index in [1.807, 2.05) is 37.3 Å². The molecule has 0 spiro atoms. The first-order valence-corrected chi connectivity index (χ1v) is 11.7. The van der Waals surface area contributed by atoms with Gasteiger partial charge in [0, 0.05) is 23.1 Å². The monoisotopic (exact) mass is 431 g/mol. The maximum absolute atomic E-state index is 13.1. The number of carbonyl (C=O) groups excluding carboxylic acids is 1. The summed E-state index contributed by atoms with van der Waals surface area (Å²) in [7, 11) is 0. The van der Waals surface area contributed by atoms with Crippen LogP contribution in [-0.2, 0) is 17.8 Å². The summed E-state index contributed by atoms with van der Waals surface area (Å²) in [5.74, 6) is 0.0357. The summed E-state index contributed by atoms with van der Waals surface area (Å²) in [5, 5.41) is 9.45. The molecule has 5 nitrogen and oxygen atoms in total. The maximum atomic E-state index is 13.1. The highest BCUT2D eigenvalue weighted by molar-refractivity contribution is 7.26. The van der Waals surface area contributed by atoms with E-state index in [0.717, 1.165) is 45.1 Å². The number of nitrogens with zero attached hydrogens (tertiary/aromatic N) is 2. The number of aromatic nitrogens is 2. The molecule has 0 aliphatic heterocycles. The fourth-order valence-corrected chi connectivity index (χ4v) is 5.76. The van der Waals surface area contributed by atoms with Crippen molar-refractivity contribution in [2.75, 3.05) is 0 Å². The van der Waals surface area contributed by atoms with Gasteiger partial charge in [0.2, 0.25) is 5.91 Å². The van der Waals surface area contributed by atoms with E-state index in [2.05, 4.69) is 28.6 Å². The molecule has 0 saturated heterocycles. The van der Waals surface area contributed by atoms with Crippen LogP contribution in [0.4, 0.5) is 0 Å². The fourth-order valence-electron chi connectivity index (χ4n) is 4.62. The second-order valence-corrected chi connectivity index (χ2v) is 9.28. The first-order valence-electron chi connectivity index (χ1n) is 10.9. The van der Waals surface area contributed by atoms with Crippen molar-refractivity contribution in [1.82, 2.24) is 15.1 Å². The molecular formula is C25H25N3O2S. The lowest BCUT2D eigenvalue weighted by Crippen LogP contribution is -2.31. The van der Waals surface area contributed by atoms with Crippen molar-refractivity contribution in [2.24, 2.45) is 0 Å². The average molecular weight is 432 g/mol. The van der Waals surface area contributed by atoms with E-state index in [1.165, 1.54) is 15.8 Å². The van der Waals surface area contributed by atoms with Gasteiger partial charge in [-0.2, -0.15) is 5.10 Å². The zero-order valence-electron chi connectivity index (χ0n) is 17.6. The van der Waals surface area contributed by atoms with Crippen molar-refractivity contribution >= 4 is 37.4 Å². The summed E-state index contributed by atoms with van der Waals surface area (Å²) in [6.45, 7) is 2.38. The SMILES string of the molecule is Cc1nn(CCCC(=O)N[C@H]2CCCc3ccccc32)c(=O)c2c1sc1ccccc12. The summed E-state index contributed by atoms with van der Waals surface area (Å²) < 4.78 is 3.58. The van der Waals surface area contributed by atoms with Gasteiger partial charge in [-0.25, -0.2) is 4.68 Å². The van der Waals surface area contributed by atoms with Gasteiger partial charge >= 0.3 is 0 Å². The van der Waals surface area contributed by atoms with Gasteiger partial charge in [-0.15, -0.1) is 11.3 Å². The highest BCUT2D eigenvalue weighted by atomic mass is 32.1. The number of hydrogen-bond donors (Lipinski definition) is 1. The Balaban J connectivity index is 1.29. The average Bonchev–Trinajstić information content (AvgIpc) is 3.18. The van der Waals surface area contributed by atoms with Crippen LogP contribution in [0.25, 0.3) is 20.2 Å². The Morgan fingerprint density at radius 3 is 2.90 bits per heavy atom. The van der Waals surface area contributed by atoms with E-state index in [1.54, 1.807) is 11.3 Å². The summed E-state index contributed by atoms with van der Waals surface area (Å²) in [6, 6.07) is 16.4. The number of fused-ring (bicyclic) bond motifs is 4. The molecule has 0 radical (unpaired) electrons. The fraction of sp³-hybridized carbons (Fsp3) is 0.320. The molecule has 1 amide bonds. The van der Waals surface area contributed by atoms with Crippen LogP contribution in [0.15, 0.2) is 53.3 Å². The van der Waals surface area contributed by atoms with Crippen LogP contribution in [0.3, 0.4) is 0 Å². The molecule has 0 saturated carbocycles. The Labute approximate surface area is 184 Å². The topological polar surface area (TPSA) is 64.0 Å². The third kappa shape index (κ3) is 3.76. The smallest absolute Gasteiger partial charge is 0.276 e. The zero-order chi connectivity index (χ0) is 21.4. The number of carbonyl (C=O) groups is 1. The molecule has 1 atom stereocenters. The van der Waals surface area contributed by atoms with E-state index >= 15 is 0 Å². The third-order valence-corrected chi connectivity index (χ3v) is 7.40. The van der Waals surface area contributed by atoms with Gasteiger partial charge < -0.3 is 5.32 Å². The van der Waals surface area contributed by atoms with E-state index in [4.69, 9.17) is 0 Å². The Hall–Kier alpha value is -2.99. The second-order valence-electron chi connectivity index (χ2n) is 8.23. The van der Waals surface area contributed by atoms with Gasteiger partial charge in [0.05, 0.1) is 21.8 Å². The molecule has 1 N–H and O–H groups in total. The molecule has 0 unspecified atom stereocenters. The summed E-state index contributed by atoms with van der Waals surface area (Å²) >= 11 is 1.61. The molecule has 1 aliphatic carbocycles. The molecular weight excluding hydrogens is 406 g/mol. The number of hydrogen-bond acceptors (Lipinski definition) is 4. The van der Waals surface area contributed by atoms with Crippen LogP contribution in [0.5, 0.6) is 0 Å². The van der Waals surface area contributed by atoms with Crippen molar-refractivity contribution in [1.29, 1.82) is 0 Å². The molecule has 158 valence electrons. The van der Waals surface area contributed by atoms with E-state index in [0.29, 0.717) is 19.4 Å². The molecule has 2 aromatic heterocycles. The first-order chi connectivity index (χ1) is 15.1. The van der Waals surface area contributed by atoms with Gasteiger partial charge in [-0.05, 0) is 49.8 Å². The molecule has 4 aromatic rings. The maximum Gasteiger partial charge on any atom is 0.276 e. The summed E-state index contributed by atoms with van der Waals surface area (Å²) in [5.41, 5.74) is 3.37. The lowest BCUT2D eigenvalue weighted by atomic mass is 9.87. The van der Waals surface area contributed by atoms with E-state index < -0.39 is 0 Å². The predicted octanol–water partition coefficient (Wildman–Crippen LogP) is 4.89. The molecule has 6 heteroatoms. The predicted molar refractivity (Wildman–Crippen MR) is 126 cm³/mol. The molecule has 2 aromatic carbocycles. The molecule has 5 rings (SSSR count). The summed E-state index contributed by atoms with van der Waals surface area (Å²) in [6.07, 6.45) is 4.12. The minimum absolute atomic E-state index is 0.0357. The number of thiophene rings is 1.